The molecule has 2 aromatic rings. The highest BCUT2D eigenvalue weighted by molar-refractivity contribution is 7.98. The van der Waals surface area contributed by atoms with E-state index in [2.05, 4.69) is 26.6 Å². The number of benzene rings is 2. The molecule has 2 aromatic carbocycles. The first-order valence-corrected chi connectivity index (χ1v) is 17.9. The molecule has 13 nitrogen and oxygen atoms in total. The Bertz CT molecular complexity index is 1580. The largest absolute Gasteiger partial charge is 0.494 e. The van der Waals surface area contributed by atoms with Gasteiger partial charge in [-0.2, -0.15) is 11.8 Å². The van der Waals surface area contributed by atoms with Crippen LogP contribution in [0, 0.1) is 11.7 Å². The lowest BCUT2D eigenvalue weighted by Crippen LogP contribution is -2.59. The number of nitrogens with one attached hydrogen (secondary N) is 5. The first-order valence-electron chi connectivity index (χ1n) is 16.5. The maximum Gasteiger partial charge on any atom is 0.251 e. The standard InChI is InChI=1S/C35H45FN6O7S/c1-19(2)30-35(48)42-18-23(38-32(45)22-11-12-24(36)28(15-22)49-4)16-27(42)34(47)37-20(3)31(44)40-26(21-9-7-6-8-10-21)17-29(43)39-25(13-14-50-5)33(46)41-30/h6-12,15,19-20,23,25-27,30H,13-14,16-18H2,1-5H3,(H,37,47)(H,38,45)(H,39,43)(H,40,44)(H,41,46)/t20-,23-,25-,26-,27-,30-/m0/s1. The summed E-state index contributed by atoms with van der Waals surface area (Å²) in [4.78, 5) is 83.0. The van der Waals surface area contributed by atoms with E-state index >= 15 is 0 Å². The van der Waals surface area contributed by atoms with E-state index in [4.69, 9.17) is 4.74 Å². The number of amides is 6. The normalized spacial score (nSPS) is 25.3. The first kappa shape index (κ1) is 38.1. The van der Waals surface area contributed by atoms with Crippen LogP contribution in [0.1, 0.15) is 62.0 Å². The third-order valence-electron chi connectivity index (χ3n) is 8.79. The van der Waals surface area contributed by atoms with Gasteiger partial charge in [0.2, 0.25) is 29.5 Å². The smallest absolute Gasteiger partial charge is 0.251 e. The summed E-state index contributed by atoms with van der Waals surface area (Å²) in [6, 6.07) is 6.85. The number of thioether (sulfide) groups is 1. The Kier molecular flexibility index (Phi) is 13.2. The quantitative estimate of drug-likeness (QED) is 0.275. The van der Waals surface area contributed by atoms with Crippen LogP contribution in [-0.2, 0) is 24.0 Å². The Morgan fingerprint density at radius 3 is 2.38 bits per heavy atom. The Hall–Kier alpha value is -4.66. The van der Waals surface area contributed by atoms with Crippen molar-refractivity contribution >= 4 is 47.2 Å². The second kappa shape index (κ2) is 17.3. The zero-order chi connectivity index (χ0) is 36.5. The molecule has 6 atom stereocenters. The molecule has 2 heterocycles. The number of fused-ring (bicyclic) bond motifs is 1. The number of nitrogens with zero attached hydrogens (tertiary/aromatic N) is 1. The zero-order valence-corrected chi connectivity index (χ0v) is 29.6. The van der Waals surface area contributed by atoms with Crippen LogP contribution < -0.4 is 31.3 Å². The minimum Gasteiger partial charge on any atom is -0.494 e. The lowest BCUT2D eigenvalue weighted by Gasteiger charge is -2.32. The average molecular weight is 713 g/mol. The topological polar surface area (TPSA) is 175 Å². The third-order valence-corrected chi connectivity index (χ3v) is 9.43. The van der Waals surface area contributed by atoms with Crippen LogP contribution in [0.25, 0.3) is 0 Å². The van der Waals surface area contributed by atoms with Gasteiger partial charge in [-0.25, -0.2) is 4.39 Å². The van der Waals surface area contributed by atoms with Gasteiger partial charge in [-0.1, -0.05) is 44.2 Å². The van der Waals surface area contributed by atoms with Crippen molar-refractivity contribution in [2.45, 2.75) is 76.3 Å². The lowest BCUT2D eigenvalue weighted by atomic mass is 10.0. The highest BCUT2D eigenvalue weighted by atomic mass is 32.2. The van der Waals surface area contributed by atoms with Gasteiger partial charge >= 0.3 is 0 Å². The van der Waals surface area contributed by atoms with Crippen molar-refractivity contribution in [3.8, 4) is 5.75 Å². The van der Waals surface area contributed by atoms with E-state index in [1.54, 1.807) is 44.2 Å². The number of carbonyl (C=O) groups excluding carboxylic acids is 6. The molecule has 4 rings (SSSR count). The summed E-state index contributed by atoms with van der Waals surface area (Å²) < 4.78 is 19.0. The van der Waals surface area contributed by atoms with Gasteiger partial charge in [-0.3, -0.25) is 28.8 Å². The van der Waals surface area contributed by atoms with Crippen LogP contribution in [0.3, 0.4) is 0 Å². The van der Waals surface area contributed by atoms with E-state index < -0.39 is 83.4 Å². The summed E-state index contributed by atoms with van der Waals surface area (Å²) in [5, 5.41) is 14.0. The van der Waals surface area contributed by atoms with Crippen molar-refractivity contribution in [2.75, 3.05) is 25.7 Å². The fourth-order valence-corrected chi connectivity index (χ4v) is 6.47. The fourth-order valence-electron chi connectivity index (χ4n) is 6.00. The minimum absolute atomic E-state index is 0.00773. The van der Waals surface area contributed by atoms with Crippen molar-refractivity contribution in [1.29, 1.82) is 0 Å². The van der Waals surface area contributed by atoms with Crippen LogP contribution in [0.2, 0.25) is 0 Å². The molecule has 0 bridgehead atoms. The highest BCUT2D eigenvalue weighted by Gasteiger charge is 2.44. The predicted octanol–water partition coefficient (Wildman–Crippen LogP) is 1.68. The summed E-state index contributed by atoms with van der Waals surface area (Å²) >= 11 is 1.49. The Balaban J connectivity index is 1.67. The number of ether oxygens (including phenoxy) is 1. The molecule has 15 heteroatoms. The fraction of sp³-hybridized carbons (Fsp3) is 0.486. The van der Waals surface area contributed by atoms with Crippen molar-refractivity contribution < 1.29 is 37.9 Å². The van der Waals surface area contributed by atoms with E-state index in [9.17, 15) is 33.2 Å². The molecular weight excluding hydrogens is 667 g/mol. The maximum atomic E-state index is 14.2. The van der Waals surface area contributed by atoms with E-state index in [0.717, 1.165) is 6.07 Å². The molecule has 6 amide bonds. The Morgan fingerprint density at radius 1 is 1.00 bits per heavy atom. The summed E-state index contributed by atoms with van der Waals surface area (Å²) in [5.41, 5.74) is 0.772. The van der Waals surface area contributed by atoms with Crippen LogP contribution in [0.5, 0.6) is 5.75 Å². The van der Waals surface area contributed by atoms with Crippen molar-refractivity contribution in [3.05, 3.63) is 65.5 Å². The molecule has 2 fully saturated rings. The molecule has 0 radical (unpaired) electrons. The molecule has 270 valence electrons. The maximum absolute atomic E-state index is 14.2. The van der Waals surface area contributed by atoms with Crippen LogP contribution >= 0.6 is 11.8 Å². The van der Waals surface area contributed by atoms with Crippen molar-refractivity contribution in [1.82, 2.24) is 31.5 Å². The van der Waals surface area contributed by atoms with Gasteiger partial charge in [0.25, 0.3) is 5.91 Å². The number of hydrogen-bond acceptors (Lipinski definition) is 8. The molecule has 0 aromatic heterocycles. The molecular formula is C35H45FN6O7S. The minimum atomic E-state index is -1.10. The Labute approximate surface area is 295 Å². The molecule has 2 aliphatic heterocycles. The number of hydrogen-bond donors (Lipinski definition) is 5. The van der Waals surface area contributed by atoms with Crippen LogP contribution in [0.4, 0.5) is 4.39 Å². The monoisotopic (exact) mass is 712 g/mol. The van der Waals surface area contributed by atoms with E-state index in [1.165, 1.54) is 42.8 Å². The molecule has 50 heavy (non-hydrogen) atoms. The summed E-state index contributed by atoms with van der Waals surface area (Å²) in [6.07, 6.45) is 1.99. The third kappa shape index (κ3) is 9.52. The van der Waals surface area contributed by atoms with Gasteiger partial charge in [-0.05, 0) is 61.5 Å². The summed E-state index contributed by atoms with van der Waals surface area (Å²) in [7, 11) is 1.28. The number of rotatable bonds is 8. The highest BCUT2D eigenvalue weighted by Crippen LogP contribution is 2.24. The molecule has 2 aliphatic rings. The number of carbonyl (C=O) groups is 6. The second-order valence-electron chi connectivity index (χ2n) is 12.8. The number of methoxy groups -OCH3 is 1. The molecule has 0 spiro atoms. The van der Waals surface area contributed by atoms with Gasteiger partial charge in [-0.15, -0.1) is 0 Å². The zero-order valence-electron chi connectivity index (χ0n) is 28.8. The SMILES string of the molecule is COc1cc(C(=O)N[C@H]2C[C@H]3C(=O)N[C@@H](C)C(=O)N[C@H](c4ccccc4)CC(=O)N[C@@H](CCSC)C(=O)N[C@@H](C(C)C)C(=O)N3C2)ccc1F. The van der Waals surface area contributed by atoms with Gasteiger partial charge < -0.3 is 36.2 Å². The van der Waals surface area contributed by atoms with Gasteiger partial charge in [0.1, 0.15) is 24.2 Å². The lowest BCUT2D eigenvalue weighted by molar-refractivity contribution is -0.143. The van der Waals surface area contributed by atoms with Crippen LogP contribution in [0.15, 0.2) is 48.5 Å². The number of halogens is 1. The van der Waals surface area contributed by atoms with Crippen molar-refractivity contribution in [3.63, 3.8) is 0 Å². The van der Waals surface area contributed by atoms with Gasteiger partial charge in [0, 0.05) is 18.2 Å². The predicted molar refractivity (Wildman–Crippen MR) is 186 cm³/mol. The van der Waals surface area contributed by atoms with E-state index in [1.807, 2.05) is 6.26 Å². The molecule has 0 aliphatic carbocycles. The molecule has 5 N–H and O–H groups in total. The average Bonchev–Trinajstić information content (AvgIpc) is 3.52. The van der Waals surface area contributed by atoms with Crippen LogP contribution in [-0.4, -0.2) is 96.2 Å². The van der Waals surface area contributed by atoms with Gasteiger partial charge in [0.15, 0.2) is 11.6 Å². The van der Waals surface area contributed by atoms with Crippen molar-refractivity contribution in [2.24, 2.45) is 5.92 Å². The molecule has 0 saturated carbocycles. The molecule has 2 saturated heterocycles. The summed E-state index contributed by atoms with van der Waals surface area (Å²) in [5.74, 6) is -3.99. The van der Waals surface area contributed by atoms with Gasteiger partial charge in [0.05, 0.1) is 19.6 Å². The van der Waals surface area contributed by atoms with E-state index in [0.29, 0.717) is 11.3 Å². The summed E-state index contributed by atoms with van der Waals surface area (Å²) in [6.45, 7) is 4.92. The molecule has 0 unspecified atom stereocenters. The Morgan fingerprint density at radius 2 is 1.72 bits per heavy atom. The second-order valence-corrected chi connectivity index (χ2v) is 13.8. The first-order chi connectivity index (χ1) is 23.8. The van der Waals surface area contributed by atoms with E-state index in [-0.39, 0.29) is 37.1 Å².